The molecule has 1 fully saturated rings. The lowest BCUT2D eigenvalue weighted by Gasteiger charge is -2.37. The van der Waals surface area contributed by atoms with E-state index >= 15 is 0 Å². The van der Waals surface area contributed by atoms with Gasteiger partial charge >= 0.3 is 0 Å². The fourth-order valence-corrected chi connectivity index (χ4v) is 2.36. The van der Waals surface area contributed by atoms with E-state index in [1.807, 2.05) is 12.3 Å². The van der Waals surface area contributed by atoms with Crippen molar-refractivity contribution in [1.29, 1.82) is 0 Å². The zero-order valence-electron chi connectivity index (χ0n) is 10.9. The van der Waals surface area contributed by atoms with Gasteiger partial charge in [-0.1, -0.05) is 19.9 Å². The molecule has 1 aliphatic heterocycles. The standard InChI is InChI=1S/C14H23N3/c1-14(2)5-8-17(9-6-14)11-12-4-3-7-16-13(12)10-15/h3-4,7H,5-6,8-11,15H2,1-2H3. The number of aromatic nitrogens is 1. The Morgan fingerprint density at radius 3 is 2.71 bits per heavy atom. The van der Waals surface area contributed by atoms with Crippen molar-refractivity contribution in [3.8, 4) is 0 Å². The van der Waals surface area contributed by atoms with E-state index in [9.17, 15) is 0 Å². The van der Waals surface area contributed by atoms with E-state index in [1.54, 1.807) is 0 Å². The lowest BCUT2D eigenvalue weighted by Crippen LogP contribution is -2.37. The van der Waals surface area contributed by atoms with Crippen LogP contribution in [0.3, 0.4) is 0 Å². The molecule has 0 aliphatic carbocycles. The highest BCUT2D eigenvalue weighted by atomic mass is 15.1. The summed E-state index contributed by atoms with van der Waals surface area (Å²) >= 11 is 0. The molecule has 1 aromatic rings. The molecular weight excluding hydrogens is 210 g/mol. The van der Waals surface area contributed by atoms with Crippen LogP contribution in [0.4, 0.5) is 0 Å². The third kappa shape index (κ3) is 3.27. The van der Waals surface area contributed by atoms with E-state index < -0.39 is 0 Å². The molecule has 94 valence electrons. The normalized spacial score (nSPS) is 20.4. The van der Waals surface area contributed by atoms with Crippen LogP contribution in [0, 0.1) is 5.41 Å². The number of piperidine rings is 1. The summed E-state index contributed by atoms with van der Waals surface area (Å²) in [5.41, 5.74) is 8.56. The number of pyridine rings is 1. The van der Waals surface area contributed by atoms with Crippen molar-refractivity contribution in [3.63, 3.8) is 0 Å². The molecule has 2 rings (SSSR count). The zero-order chi connectivity index (χ0) is 12.3. The SMILES string of the molecule is CC1(C)CCN(Cc2cccnc2CN)CC1. The molecule has 1 aliphatic rings. The minimum absolute atomic E-state index is 0.516. The van der Waals surface area contributed by atoms with Crippen LogP contribution in [0.25, 0.3) is 0 Å². The maximum atomic E-state index is 5.72. The van der Waals surface area contributed by atoms with Crippen molar-refractivity contribution in [1.82, 2.24) is 9.88 Å². The fraction of sp³-hybridized carbons (Fsp3) is 0.643. The van der Waals surface area contributed by atoms with Crippen LogP contribution in [0.15, 0.2) is 18.3 Å². The summed E-state index contributed by atoms with van der Waals surface area (Å²) in [6.07, 6.45) is 4.39. The second kappa shape index (κ2) is 5.15. The summed E-state index contributed by atoms with van der Waals surface area (Å²) in [5, 5.41) is 0. The highest BCUT2D eigenvalue weighted by Gasteiger charge is 2.25. The molecule has 3 heteroatoms. The molecule has 3 nitrogen and oxygen atoms in total. The number of nitrogens with two attached hydrogens (primary N) is 1. The van der Waals surface area contributed by atoms with Crippen LogP contribution in [-0.2, 0) is 13.1 Å². The predicted molar refractivity (Wildman–Crippen MR) is 70.4 cm³/mol. The summed E-state index contributed by atoms with van der Waals surface area (Å²) in [4.78, 5) is 6.85. The van der Waals surface area contributed by atoms with Crippen molar-refractivity contribution in [2.45, 2.75) is 39.8 Å². The second-order valence-electron chi connectivity index (χ2n) is 5.75. The van der Waals surface area contributed by atoms with Gasteiger partial charge in [0.25, 0.3) is 0 Å². The molecule has 2 heterocycles. The van der Waals surface area contributed by atoms with Crippen molar-refractivity contribution in [2.24, 2.45) is 11.1 Å². The van der Waals surface area contributed by atoms with Gasteiger partial charge in [-0.2, -0.15) is 0 Å². The van der Waals surface area contributed by atoms with Crippen LogP contribution in [0.1, 0.15) is 37.9 Å². The van der Waals surface area contributed by atoms with Crippen LogP contribution in [0.5, 0.6) is 0 Å². The maximum Gasteiger partial charge on any atom is 0.0584 e. The molecule has 0 saturated carbocycles. The van der Waals surface area contributed by atoms with Crippen LogP contribution in [-0.4, -0.2) is 23.0 Å². The first kappa shape index (κ1) is 12.5. The Kier molecular flexibility index (Phi) is 3.79. The zero-order valence-corrected chi connectivity index (χ0v) is 10.9. The Labute approximate surface area is 104 Å². The quantitative estimate of drug-likeness (QED) is 0.870. The van der Waals surface area contributed by atoms with E-state index in [2.05, 4.69) is 29.8 Å². The van der Waals surface area contributed by atoms with E-state index in [0.29, 0.717) is 12.0 Å². The molecule has 1 aromatic heterocycles. The summed E-state index contributed by atoms with van der Waals surface area (Å²) in [6.45, 7) is 8.63. The largest absolute Gasteiger partial charge is 0.325 e. The van der Waals surface area contributed by atoms with Gasteiger partial charge in [-0.25, -0.2) is 0 Å². The number of nitrogens with zero attached hydrogens (tertiary/aromatic N) is 2. The molecular formula is C14H23N3. The molecule has 0 bridgehead atoms. The highest BCUT2D eigenvalue weighted by Crippen LogP contribution is 2.30. The molecule has 0 spiro atoms. The Balaban J connectivity index is 1.98. The molecule has 2 N–H and O–H groups in total. The van der Waals surface area contributed by atoms with E-state index in [-0.39, 0.29) is 0 Å². The Hall–Kier alpha value is -0.930. The average molecular weight is 233 g/mol. The first-order valence-corrected chi connectivity index (χ1v) is 6.46. The lowest BCUT2D eigenvalue weighted by atomic mass is 9.82. The molecule has 0 amide bonds. The van der Waals surface area contributed by atoms with Gasteiger partial charge in [-0.15, -0.1) is 0 Å². The van der Waals surface area contributed by atoms with Crippen LogP contribution in [0.2, 0.25) is 0 Å². The van der Waals surface area contributed by atoms with Crippen LogP contribution < -0.4 is 5.73 Å². The minimum Gasteiger partial charge on any atom is -0.325 e. The van der Waals surface area contributed by atoms with Gasteiger partial charge in [0, 0.05) is 19.3 Å². The second-order valence-corrected chi connectivity index (χ2v) is 5.75. The summed E-state index contributed by atoms with van der Waals surface area (Å²) in [6, 6.07) is 4.15. The Morgan fingerprint density at radius 2 is 2.06 bits per heavy atom. The van der Waals surface area contributed by atoms with Gasteiger partial charge in [-0.05, 0) is 43.0 Å². The molecule has 0 atom stereocenters. The molecule has 0 aromatic carbocycles. The predicted octanol–water partition coefficient (Wildman–Crippen LogP) is 2.16. The summed E-state index contributed by atoms with van der Waals surface area (Å²) < 4.78 is 0. The maximum absolute atomic E-state index is 5.72. The molecule has 17 heavy (non-hydrogen) atoms. The topological polar surface area (TPSA) is 42.2 Å². The lowest BCUT2D eigenvalue weighted by molar-refractivity contribution is 0.126. The Bertz CT molecular complexity index is 363. The smallest absolute Gasteiger partial charge is 0.0584 e. The van der Waals surface area contributed by atoms with E-state index in [1.165, 1.54) is 31.5 Å². The number of rotatable bonds is 3. The van der Waals surface area contributed by atoms with Crippen molar-refractivity contribution >= 4 is 0 Å². The third-order valence-electron chi connectivity index (χ3n) is 3.78. The Morgan fingerprint density at radius 1 is 1.35 bits per heavy atom. The monoisotopic (exact) mass is 233 g/mol. The molecule has 0 unspecified atom stereocenters. The van der Waals surface area contributed by atoms with Gasteiger partial charge in [-0.3, -0.25) is 9.88 Å². The van der Waals surface area contributed by atoms with Gasteiger partial charge in [0.15, 0.2) is 0 Å². The minimum atomic E-state index is 0.516. The van der Waals surface area contributed by atoms with Gasteiger partial charge in [0.05, 0.1) is 5.69 Å². The van der Waals surface area contributed by atoms with Gasteiger partial charge in [0.1, 0.15) is 0 Å². The van der Waals surface area contributed by atoms with Crippen molar-refractivity contribution < 1.29 is 0 Å². The summed E-state index contributed by atoms with van der Waals surface area (Å²) in [5.74, 6) is 0. The molecule has 1 saturated heterocycles. The number of hydrogen-bond acceptors (Lipinski definition) is 3. The highest BCUT2D eigenvalue weighted by molar-refractivity contribution is 5.19. The van der Waals surface area contributed by atoms with Gasteiger partial charge in [0.2, 0.25) is 0 Å². The summed E-state index contributed by atoms with van der Waals surface area (Å²) in [7, 11) is 0. The van der Waals surface area contributed by atoms with Crippen molar-refractivity contribution in [2.75, 3.05) is 13.1 Å². The number of likely N-dealkylation sites (tertiary alicyclic amines) is 1. The first-order valence-electron chi connectivity index (χ1n) is 6.46. The first-order chi connectivity index (χ1) is 8.11. The molecule has 0 radical (unpaired) electrons. The van der Waals surface area contributed by atoms with Crippen LogP contribution >= 0.6 is 0 Å². The fourth-order valence-electron chi connectivity index (χ4n) is 2.36. The van der Waals surface area contributed by atoms with Gasteiger partial charge < -0.3 is 5.73 Å². The van der Waals surface area contributed by atoms with E-state index in [4.69, 9.17) is 5.73 Å². The average Bonchev–Trinajstić information content (AvgIpc) is 2.32. The van der Waals surface area contributed by atoms with Crippen molar-refractivity contribution in [3.05, 3.63) is 29.6 Å². The number of hydrogen-bond donors (Lipinski definition) is 1. The third-order valence-corrected chi connectivity index (χ3v) is 3.78. The van der Waals surface area contributed by atoms with E-state index in [0.717, 1.165) is 12.2 Å².